The van der Waals surface area contributed by atoms with Crippen molar-refractivity contribution in [1.29, 1.82) is 0 Å². The summed E-state index contributed by atoms with van der Waals surface area (Å²) in [6.07, 6.45) is 3.36. The van der Waals surface area contributed by atoms with Crippen molar-refractivity contribution in [2.24, 2.45) is 0 Å². The van der Waals surface area contributed by atoms with Gasteiger partial charge in [0, 0.05) is 23.0 Å². The maximum absolute atomic E-state index is 9.27. The molecular formula is C10H7N3O. The molecule has 0 atom stereocenters. The summed E-state index contributed by atoms with van der Waals surface area (Å²) in [6, 6.07) is 5.50. The number of nitrogens with zero attached hydrogens (tertiary/aromatic N) is 2. The lowest BCUT2D eigenvalue weighted by Gasteiger charge is -1.96. The average Bonchev–Trinajstić information content (AvgIpc) is 2.59. The highest BCUT2D eigenvalue weighted by molar-refractivity contribution is 6.04. The normalized spacial score (nSPS) is 11.1. The molecule has 0 radical (unpaired) electrons. The topological polar surface area (TPSA) is 61.8 Å². The number of benzene rings is 1. The van der Waals surface area contributed by atoms with Crippen molar-refractivity contribution in [1.82, 2.24) is 15.0 Å². The molecule has 0 saturated carbocycles. The first-order valence-corrected chi connectivity index (χ1v) is 4.25. The smallest absolute Gasteiger partial charge is 0.211 e. The van der Waals surface area contributed by atoms with Gasteiger partial charge in [0.1, 0.15) is 0 Å². The molecule has 4 heteroatoms. The summed E-state index contributed by atoms with van der Waals surface area (Å²) in [5.41, 5.74) is 1.75. The van der Waals surface area contributed by atoms with Gasteiger partial charge < -0.3 is 10.1 Å². The number of nitrogens with one attached hydrogen (secondary N) is 1. The van der Waals surface area contributed by atoms with Crippen LogP contribution in [0.15, 0.2) is 30.7 Å². The van der Waals surface area contributed by atoms with Crippen LogP contribution in [0.4, 0.5) is 0 Å². The van der Waals surface area contributed by atoms with Crippen LogP contribution in [0, 0.1) is 0 Å². The van der Waals surface area contributed by atoms with Crippen LogP contribution >= 0.6 is 0 Å². The van der Waals surface area contributed by atoms with Crippen LogP contribution in [0.5, 0.6) is 5.88 Å². The van der Waals surface area contributed by atoms with Gasteiger partial charge in [0.25, 0.3) is 0 Å². The lowest BCUT2D eigenvalue weighted by Crippen LogP contribution is -1.81. The molecule has 68 valence electrons. The molecule has 0 aliphatic rings. The third-order valence-electron chi connectivity index (χ3n) is 2.26. The molecule has 0 aliphatic carbocycles. The van der Waals surface area contributed by atoms with E-state index in [4.69, 9.17) is 0 Å². The summed E-state index contributed by atoms with van der Waals surface area (Å²) in [4.78, 5) is 11.1. The van der Waals surface area contributed by atoms with Gasteiger partial charge in [-0.1, -0.05) is 6.07 Å². The number of hydrogen-bond acceptors (Lipinski definition) is 3. The number of aromatic hydroxyl groups is 1. The van der Waals surface area contributed by atoms with Crippen molar-refractivity contribution in [3.8, 4) is 5.88 Å². The summed E-state index contributed by atoms with van der Waals surface area (Å²) >= 11 is 0. The van der Waals surface area contributed by atoms with Gasteiger partial charge in [-0.2, -0.15) is 0 Å². The first kappa shape index (κ1) is 7.32. The van der Waals surface area contributed by atoms with Crippen LogP contribution in [0.2, 0.25) is 0 Å². The molecule has 0 amide bonds. The van der Waals surface area contributed by atoms with Crippen LogP contribution in [0.25, 0.3) is 21.8 Å². The molecule has 2 aromatic heterocycles. The molecule has 0 bridgehead atoms. The average molecular weight is 185 g/mol. The molecule has 14 heavy (non-hydrogen) atoms. The fourth-order valence-electron chi connectivity index (χ4n) is 1.63. The molecule has 1 aromatic carbocycles. The van der Waals surface area contributed by atoms with Gasteiger partial charge in [0.2, 0.25) is 5.88 Å². The van der Waals surface area contributed by atoms with Crippen LogP contribution in [-0.2, 0) is 0 Å². The number of H-pyrrole nitrogens is 1. The van der Waals surface area contributed by atoms with E-state index >= 15 is 0 Å². The van der Waals surface area contributed by atoms with Crippen molar-refractivity contribution in [2.75, 3.05) is 0 Å². The molecule has 0 fully saturated rings. The second-order valence-electron chi connectivity index (χ2n) is 3.13. The van der Waals surface area contributed by atoms with E-state index in [1.54, 1.807) is 18.6 Å². The Morgan fingerprint density at radius 1 is 1.29 bits per heavy atom. The minimum atomic E-state index is 0.0522. The van der Waals surface area contributed by atoms with Gasteiger partial charge in [0.15, 0.2) is 0 Å². The summed E-state index contributed by atoms with van der Waals surface area (Å²) in [6.45, 7) is 0. The van der Waals surface area contributed by atoms with E-state index in [2.05, 4.69) is 15.0 Å². The molecule has 0 saturated heterocycles. The van der Waals surface area contributed by atoms with Crippen LogP contribution < -0.4 is 0 Å². The molecule has 3 aromatic rings. The Kier molecular flexibility index (Phi) is 1.28. The predicted octanol–water partition coefficient (Wildman–Crippen LogP) is 1.82. The Hall–Kier alpha value is -2.10. The van der Waals surface area contributed by atoms with E-state index in [0.29, 0.717) is 0 Å². The Morgan fingerprint density at radius 2 is 2.21 bits per heavy atom. The van der Waals surface area contributed by atoms with E-state index in [1.807, 2.05) is 12.1 Å². The largest absolute Gasteiger partial charge is 0.493 e. The van der Waals surface area contributed by atoms with Crippen LogP contribution in [0.3, 0.4) is 0 Å². The van der Waals surface area contributed by atoms with Crippen molar-refractivity contribution in [3.05, 3.63) is 30.7 Å². The Bertz CT molecular complexity index is 615. The highest BCUT2D eigenvalue weighted by Crippen LogP contribution is 2.25. The van der Waals surface area contributed by atoms with Gasteiger partial charge in [-0.25, -0.2) is 9.97 Å². The molecule has 2 N–H and O–H groups in total. The van der Waals surface area contributed by atoms with Crippen molar-refractivity contribution in [3.63, 3.8) is 0 Å². The quantitative estimate of drug-likeness (QED) is 0.561. The van der Waals surface area contributed by atoms with E-state index < -0.39 is 0 Å². The number of aromatic amines is 1. The molecule has 0 spiro atoms. The van der Waals surface area contributed by atoms with E-state index in [0.717, 1.165) is 21.8 Å². The minimum absolute atomic E-state index is 0.0522. The van der Waals surface area contributed by atoms with Gasteiger partial charge in [-0.3, -0.25) is 0 Å². The predicted molar refractivity (Wildman–Crippen MR) is 53.1 cm³/mol. The van der Waals surface area contributed by atoms with Crippen LogP contribution in [0.1, 0.15) is 0 Å². The maximum Gasteiger partial charge on any atom is 0.211 e. The second kappa shape index (κ2) is 2.45. The SMILES string of the molecule is Oc1cc2ccc3[nH]cncc3c2n1. The number of aromatic nitrogens is 3. The van der Waals surface area contributed by atoms with Crippen LogP contribution in [-0.4, -0.2) is 20.1 Å². The van der Waals surface area contributed by atoms with Gasteiger partial charge in [-0.15, -0.1) is 0 Å². The van der Waals surface area contributed by atoms with Crippen molar-refractivity contribution in [2.45, 2.75) is 0 Å². The first-order chi connectivity index (χ1) is 6.84. The monoisotopic (exact) mass is 185 g/mol. The van der Waals surface area contributed by atoms with Crippen molar-refractivity contribution >= 4 is 21.8 Å². The second-order valence-corrected chi connectivity index (χ2v) is 3.13. The van der Waals surface area contributed by atoms with Gasteiger partial charge >= 0.3 is 0 Å². The summed E-state index contributed by atoms with van der Waals surface area (Å²) in [5.74, 6) is 0.0522. The maximum atomic E-state index is 9.27. The minimum Gasteiger partial charge on any atom is -0.493 e. The molecule has 4 nitrogen and oxygen atoms in total. The van der Waals surface area contributed by atoms with Gasteiger partial charge in [0.05, 0.1) is 17.4 Å². The Morgan fingerprint density at radius 3 is 3.14 bits per heavy atom. The zero-order chi connectivity index (χ0) is 9.54. The lowest BCUT2D eigenvalue weighted by molar-refractivity contribution is 0.458. The molecular weight excluding hydrogens is 178 g/mol. The van der Waals surface area contributed by atoms with E-state index in [9.17, 15) is 5.11 Å². The molecule has 0 aliphatic heterocycles. The number of hydrogen-bond donors (Lipinski definition) is 2. The number of rotatable bonds is 0. The highest BCUT2D eigenvalue weighted by Gasteiger charge is 2.04. The number of fused-ring (bicyclic) bond motifs is 3. The third-order valence-corrected chi connectivity index (χ3v) is 2.26. The fraction of sp³-hybridized carbons (Fsp3) is 0. The lowest BCUT2D eigenvalue weighted by atomic mass is 10.2. The molecule has 0 unspecified atom stereocenters. The summed E-state index contributed by atoms with van der Waals surface area (Å²) < 4.78 is 0. The summed E-state index contributed by atoms with van der Waals surface area (Å²) in [7, 11) is 0. The Labute approximate surface area is 79.2 Å². The van der Waals surface area contributed by atoms with E-state index in [1.165, 1.54) is 0 Å². The first-order valence-electron chi connectivity index (χ1n) is 4.25. The Balaban J connectivity index is 2.60. The van der Waals surface area contributed by atoms with Gasteiger partial charge in [-0.05, 0) is 6.07 Å². The molecule has 3 rings (SSSR count). The standard InChI is InChI=1S/C10H7N3O/c14-9-3-6-1-2-8-7(10(6)13-9)4-11-5-12-8/h1-5,14H,(H,11,12). The van der Waals surface area contributed by atoms with Crippen molar-refractivity contribution < 1.29 is 5.11 Å². The van der Waals surface area contributed by atoms with E-state index in [-0.39, 0.29) is 5.88 Å². The zero-order valence-electron chi connectivity index (χ0n) is 7.23. The molecule has 2 heterocycles. The fourth-order valence-corrected chi connectivity index (χ4v) is 1.63. The highest BCUT2D eigenvalue weighted by atomic mass is 16.3. The summed E-state index contributed by atoms with van der Waals surface area (Å²) in [5, 5.41) is 11.1. The third kappa shape index (κ3) is 0.877. The zero-order valence-corrected chi connectivity index (χ0v) is 7.23.